The normalized spacial score (nSPS) is 17.8. The summed E-state index contributed by atoms with van der Waals surface area (Å²) in [7, 11) is 0. The van der Waals surface area contributed by atoms with Crippen molar-refractivity contribution in [3.63, 3.8) is 0 Å². The van der Waals surface area contributed by atoms with Crippen LogP contribution in [0.1, 0.15) is 49.8 Å². The fourth-order valence-electron chi connectivity index (χ4n) is 3.72. The first-order valence-electron chi connectivity index (χ1n) is 9.04. The summed E-state index contributed by atoms with van der Waals surface area (Å²) in [5, 5.41) is 0. The summed E-state index contributed by atoms with van der Waals surface area (Å²) in [6.45, 7) is 5.99. The summed E-state index contributed by atoms with van der Waals surface area (Å²) in [4.78, 5) is 15.2. The molecule has 1 aliphatic heterocycles. The molecule has 0 radical (unpaired) electrons. The number of rotatable bonds is 5. The molecule has 2 aromatic carbocycles. The third-order valence-corrected chi connectivity index (χ3v) is 5.12. The van der Waals surface area contributed by atoms with E-state index in [1.807, 2.05) is 32.0 Å². The van der Waals surface area contributed by atoms with E-state index < -0.39 is 0 Å². The Kier molecular flexibility index (Phi) is 5.47. The maximum Gasteiger partial charge on any atom is 0.157 e. The number of piperidine rings is 1. The molecule has 0 N–H and O–H groups in total. The van der Waals surface area contributed by atoms with Gasteiger partial charge in [0.1, 0.15) is 0 Å². The largest absolute Gasteiger partial charge is 0.297 e. The summed E-state index contributed by atoms with van der Waals surface area (Å²) in [6, 6.07) is 21.0. The van der Waals surface area contributed by atoms with Gasteiger partial charge < -0.3 is 0 Å². The monoisotopic (exact) mass is 321 g/mol. The van der Waals surface area contributed by atoms with Gasteiger partial charge in [0.15, 0.2) is 5.78 Å². The molecule has 126 valence electrons. The van der Waals surface area contributed by atoms with Crippen molar-refractivity contribution in [3.8, 4) is 0 Å². The Morgan fingerprint density at radius 3 is 2.00 bits per heavy atom. The molecule has 1 atom stereocenters. The van der Waals surface area contributed by atoms with Gasteiger partial charge in [-0.15, -0.1) is 0 Å². The van der Waals surface area contributed by atoms with Gasteiger partial charge in [-0.05, 0) is 43.0 Å². The molecule has 2 nitrogen and oxygen atoms in total. The minimum Gasteiger partial charge on any atom is -0.297 e. The quantitative estimate of drug-likeness (QED) is 0.786. The molecule has 2 aromatic rings. The van der Waals surface area contributed by atoms with Gasteiger partial charge in [0.25, 0.3) is 0 Å². The van der Waals surface area contributed by atoms with Gasteiger partial charge >= 0.3 is 0 Å². The minimum absolute atomic E-state index is 0.0575. The van der Waals surface area contributed by atoms with Crippen LogP contribution in [0.4, 0.5) is 0 Å². The Bertz CT molecular complexity index is 642. The summed E-state index contributed by atoms with van der Waals surface area (Å²) >= 11 is 0. The zero-order chi connectivity index (χ0) is 16.9. The molecule has 2 heteroatoms. The van der Waals surface area contributed by atoms with Gasteiger partial charge in [-0.2, -0.15) is 0 Å². The Morgan fingerprint density at radius 1 is 0.917 bits per heavy atom. The van der Waals surface area contributed by atoms with Crippen LogP contribution in [-0.4, -0.2) is 23.8 Å². The zero-order valence-electron chi connectivity index (χ0n) is 14.7. The molecular formula is C22H27NO. The maximum atomic E-state index is 12.9. The number of carbonyl (C=O) groups excluding carboxylic acids is 1. The molecule has 0 unspecified atom stereocenters. The van der Waals surface area contributed by atoms with Gasteiger partial charge in [0.05, 0.1) is 6.04 Å². The fraction of sp³-hybridized carbons (Fsp3) is 0.409. The molecule has 1 saturated heterocycles. The number of hydrogen-bond acceptors (Lipinski definition) is 2. The molecular weight excluding hydrogens is 294 g/mol. The van der Waals surface area contributed by atoms with E-state index in [1.54, 1.807) is 0 Å². The number of ketones is 1. The lowest BCUT2D eigenvalue weighted by molar-refractivity contribution is -0.128. The number of benzene rings is 2. The van der Waals surface area contributed by atoms with E-state index in [0.29, 0.717) is 11.7 Å². The summed E-state index contributed by atoms with van der Waals surface area (Å²) in [6.07, 6.45) is 2.25. The van der Waals surface area contributed by atoms with Crippen molar-refractivity contribution >= 4 is 5.78 Å². The molecule has 0 spiro atoms. The number of nitrogens with zero attached hydrogens (tertiary/aromatic N) is 1. The van der Waals surface area contributed by atoms with Gasteiger partial charge in [0, 0.05) is 5.92 Å². The molecule has 1 aliphatic rings. The van der Waals surface area contributed by atoms with Crippen LogP contribution < -0.4 is 0 Å². The van der Waals surface area contributed by atoms with Crippen molar-refractivity contribution < 1.29 is 4.79 Å². The Labute approximate surface area is 145 Å². The van der Waals surface area contributed by atoms with Crippen LogP contribution in [0.15, 0.2) is 60.7 Å². The number of carbonyl (C=O) groups is 1. The van der Waals surface area contributed by atoms with Crippen molar-refractivity contribution in [3.05, 3.63) is 71.8 Å². The molecule has 1 heterocycles. The van der Waals surface area contributed by atoms with Crippen LogP contribution >= 0.6 is 0 Å². The number of likely N-dealkylation sites (tertiary alicyclic amines) is 1. The van der Waals surface area contributed by atoms with Gasteiger partial charge in [-0.1, -0.05) is 74.5 Å². The van der Waals surface area contributed by atoms with Crippen LogP contribution in [0.2, 0.25) is 0 Å². The van der Waals surface area contributed by atoms with E-state index in [0.717, 1.165) is 31.5 Å². The third-order valence-electron chi connectivity index (χ3n) is 5.12. The van der Waals surface area contributed by atoms with Crippen LogP contribution in [0, 0.1) is 5.92 Å². The van der Waals surface area contributed by atoms with Crippen molar-refractivity contribution in [1.82, 2.24) is 4.90 Å². The summed E-state index contributed by atoms with van der Waals surface area (Å²) in [5.74, 6) is 1.01. The lowest BCUT2D eigenvalue weighted by Crippen LogP contribution is -2.41. The SMILES string of the molecule is CC(C)C(=O)[C@@H](c1ccccc1)N1CCC(c2ccccc2)CC1. The highest BCUT2D eigenvalue weighted by molar-refractivity contribution is 5.87. The van der Waals surface area contributed by atoms with Gasteiger partial charge in [-0.3, -0.25) is 9.69 Å². The summed E-state index contributed by atoms with van der Waals surface area (Å²) < 4.78 is 0. The predicted octanol–water partition coefficient (Wildman–Crippen LogP) is 4.83. The molecule has 0 amide bonds. The van der Waals surface area contributed by atoms with Crippen molar-refractivity contribution in [2.75, 3.05) is 13.1 Å². The van der Waals surface area contributed by atoms with Crippen LogP contribution in [0.3, 0.4) is 0 Å². The zero-order valence-corrected chi connectivity index (χ0v) is 14.7. The fourth-order valence-corrected chi connectivity index (χ4v) is 3.72. The Hall–Kier alpha value is -1.93. The van der Waals surface area contributed by atoms with E-state index in [4.69, 9.17) is 0 Å². The second kappa shape index (κ2) is 7.76. The minimum atomic E-state index is -0.0945. The maximum absolute atomic E-state index is 12.9. The molecule has 1 fully saturated rings. The third kappa shape index (κ3) is 3.76. The Morgan fingerprint density at radius 2 is 1.46 bits per heavy atom. The van der Waals surface area contributed by atoms with Crippen LogP contribution in [0.25, 0.3) is 0 Å². The first kappa shape index (κ1) is 16.9. The highest BCUT2D eigenvalue weighted by Gasteiger charge is 2.32. The highest BCUT2D eigenvalue weighted by atomic mass is 16.1. The lowest BCUT2D eigenvalue weighted by atomic mass is 9.86. The van der Waals surface area contributed by atoms with E-state index >= 15 is 0 Å². The van der Waals surface area contributed by atoms with E-state index in [-0.39, 0.29) is 12.0 Å². The Balaban J connectivity index is 1.75. The van der Waals surface area contributed by atoms with E-state index in [2.05, 4.69) is 47.4 Å². The first-order chi connectivity index (χ1) is 11.7. The topological polar surface area (TPSA) is 20.3 Å². The van der Waals surface area contributed by atoms with Gasteiger partial charge in [0.2, 0.25) is 0 Å². The standard InChI is InChI=1S/C22H27NO/c1-17(2)22(24)21(20-11-7-4-8-12-20)23-15-13-19(14-16-23)18-9-5-3-6-10-18/h3-12,17,19,21H,13-16H2,1-2H3/t21-/m1/s1. The molecule has 0 aliphatic carbocycles. The predicted molar refractivity (Wildman–Crippen MR) is 99.0 cm³/mol. The van der Waals surface area contributed by atoms with Crippen molar-refractivity contribution in [1.29, 1.82) is 0 Å². The van der Waals surface area contributed by atoms with Crippen LogP contribution in [0.5, 0.6) is 0 Å². The molecule has 0 bridgehead atoms. The number of hydrogen-bond donors (Lipinski definition) is 0. The number of Topliss-reactive ketones (excluding diaryl/α,β-unsaturated/α-hetero) is 1. The smallest absolute Gasteiger partial charge is 0.157 e. The average molecular weight is 321 g/mol. The van der Waals surface area contributed by atoms with Crippen molar-refractivity contribution in [2.45, 2.75) is 38.6 Å². The molecule has 3 rings (SSSR count). The van der Waals surface area contributed by atoms with Gasteiger partial charge in [-0.25, -0.2) is 0 Å². The second-order valence-corrected chi connectivity index (χ2v) is 7.09. The summed E-state index contributed by atoms with van der Waals surface area (Å²) in [5.41, 5.74) is 2.57. The average Bonchev–Trinajstić information content (AvgIpc) is 2.64. The second-order valence-electron chi connectivity index (χ2n) is 7.09. The van der Waals surface area contributed by atoms with Crippen LogP contribution in [-0.2, 0) is 4.79 Å². The first-order valence-corrected chi connectivity index (χ1v) is 9.04. The molecule has 24 heavy (non-hydrogen) atoms. The van der Waals surface area contributed by atoms with Crippen molar-refractivity contribution in [2.24, 2.45) is 5.92 Å². The lowest BCUT2D eigenvalue weighted by Gasteiger charge is -2.38. The molecule has 0 aromatic heterocycles. The highest BCUT2D eigenvalue weighted by Crippen LogP contribution is 2.33. The molecule has 0 saturated carbocycles. The van der Waals surface area contributed by atoms with E-state index in [1.165, 1.54) is 5.56 Å². The van der Waals surface area contributed by atoms with E-state index in [9.17, 15) is 4.79 Å².